The molecule has 2 aliphatic carbocycles. The monoisotopic (exact) mass is 353 g/mol. The van der Waals surface area contributed by atoms with Gasteiger partial charge in [-0.05, 0) is 61.4 Å². The van der Waals surface area contributed by atoms with Crippen LogP contribution in [0.1, 0.15) is 19.3 Å². The van der Waals surface area contributed by atoms with E-state index in [1.54, 1.807) is 25.4 Å². The molecule has 4 rings (SSSR count). The number of methoxy groups -OCH3 is 1. The number of ether oxygens (including phenoxy) is 2. The summed E-state index contributed by atoms with van der Waals surface area (Å²) in [6.45, 7) is 0. The maximum atomic E-state index is 12.6. The molecule has 0 saturated heterocycles. The predicted octanol–water partition coefficient (Wildman–Crippen LogP) is 3.19. The first kappa shape index (κ1) is 16.8. The number of nitrogens with one attached hydrogen (secondary N) is 1. The quantitative estimate of drug-likeness (QED) is 0.862. The van der Waals surface area contributed by atoms with Crippen molar-refractivity contribution in [3.63, 3.8) is 0 Å². The molecule has 3 N–H and O–H groups in total. The Labute approximate surface area is 152 Å². The first-order chi connectivity index (χ1) is 12.6. The Morgan fingerprint density at radius 2 is 1.85 bits per heavy atom. The Bertz CT molecular complexity index is 774. The molecule has 2 fully saturated rings. The van der Waals surface area contributed by atoms with E-state index in [1.165, 1.54) is 0 Å². The zero-order valence-electron chi connectivity index (χ0n) is 14.7. The molecule has 136 valence electrons. The second-order valence-electron chi connectivity index (χ2n) is 7.09. The summed E-state index contributed by atoms with van der Waals surface area (Å²) in [6.07, 6.45) is 4.97. The van der Waals surface area contributed by atoms with Gasteiger partial charge in [-0.15, -0.1) is 0 Å². The number of nitrogens with two attached hydrogens (primary N) is 1. The Hall–Kier alpha value is -2.60. The number of hydrogen-bond acceptors (Lipinski definition) is 5. The third kappa shape index (κ3) is 3.24. The molecule has 1 aromatic carbocycles. The molecule has 0 spiro atoms. The number of amides is 1. The summed E-state index contributed by atoms with van der Waals surface area (Å²) in [5.41, 5.74) is 6.90. The third-order valence-electron chi connectivity index (χ3n) is 5.57. The maximum absolute atomic E-state index is 12.6. The molecular weight excluding hydrogens is 330 g/mol. The van der Waals surface area contributed by atoms with Gasteiger partial charge in [-0.25, -0.2) is 4.98 Å². The van der Waals surface area contributed by atoms with E-state index in [1.807, 2.05) is 24.3 Å². The zero-order valence-corrected chi connectivity index (χ0v) is 14.7. The molecule has 0 aliphatic heterocycles. The first-order valence-corrected chi connectivity index (χ1v) is 8.98. The van der Waals surface area contributed by atoms with Crippen LogP contribution in [0, 0.1) is 17.8 Å². The summed E-state index contributed by atoms with van der Waals surface area (Å²) in [5, 5.41) is 2.95. The van der Waals surface area contributed by atoms with Gasteiger partial charge in [-0.2, -0.15) is 0 Å². The number of anilines is 1. The standard InChI is InChI=1S/C20H23N3O3/c1-25-15-5-7-16(8-6-15)26-17-9-4-14(11-22-17)23-20(24)18-12-2-3-13(10-12)19(18)21/h4-9,11-13,18-19H,2-3,10,21H2,1H3,(H,23,24). The smallest absolute Gasteiger partial charge is 0.229 e. The number of rotatable bonds is 5. The summed E-state index contributed by atoms with van der Waals surface area (Å²) in [5.74, 6) is 2.77. The van der Waals surface area contributed by atoms with Crippen molar-refractivity contribution >= 4 is 11.6 Å². The van der Waals surface area contributed by atoms with Crippen molar-refractivity contribution in [3.05, 3.63) is 42.6 Å². The van der Waals surface area contributed by atoms with Crippen LogP contribution in [-0.2, 0) is 4.79 Å². The minimum atomic E-state index is -0.0797. The van der Waals surface area contributed by atoms with Crippen LogP contribution < -0.4 is 20.5 Å². The fraction of sp³-hybridized carbons (Fsp3) is 0.400. The number of fused-ring (bicyclic) bond motifs is 2. The highest BCUT2D eigenvalue weighted by molar-refractivity contribution is 5.93. The zero-order chi connectivity index (χ0) is 18.1. The lowest BCUT2D eigenvalue weighted by Crippen LogP contribution is -2.42. The molecule has 4 atom stereocenters. The van der Waals surface area contributed by atoms with Crippen molar-refractivity contribution in [1.82, 2.24) is 4.98 Å². The Morgan fingerprint density at radius 1 is 1.12 bits per heavy atom. The van der Waals surface area contributed by atoms with Crippen LogP contribution in [0.25, 0.3) is 0 Å². The van der Waals surface area contributed by atoms with Crippen LogP contribution in [0.3, 0.4) is 0 Å². The first-order valence-electron chi connectivity index (χ1n) is 8.98. The highest BCUT2D eigenvalue weighted by Crippen LogP contribution is 2.47. The van der Waals surface area contributed by atoms with Gasteiger partial charge < -0.3 is 20.5 Å². The number of pyridine rings is 1. The van der Waals surface area contributed by atoms with Crippen molar-refractivity contribution in [2.45, 2.75) is 25.3 Å². The van der Waals surface area contributed by atoms with Crippen LogP contribution in [-0.4, -0.2) is 24.0 Å². The molecule has 2 saturated carbocycles. The van der Waals surface area contributed by atoms with Crippen molar-refractivity contribution in [2.24, 2.45) is 23.5 Å². The van der Waals surface area contributed by atoms with E-state index in [9.17, 15) is 4.79 Å². The predicted molar refractivity (Wildman–Crippen MR) is 98.2 cm³/mol. The van der Waals surface area contributed by atoms with Gasteiger partial charge in [-0.1, -0.05) is 0 Å². The van der Waals surface area contributed by atoms with Gasteiger partial charge in [-0.3, -0.25) is 4.79 Å². The average molecular weight is 353 g/mol. The lowest BCUT2D eigenvalue weighted by molar-refractivity contribution is -0.121. The van der Waals surface area contributed by atoms with Gasteiger partial charge in [0.05, 0.1) is 24.9 Å². The van der Waals surface area contributed by atoms with Crippen molar-refractivity contribution in [2.75, 3.05) is 12.4 Å². The molecule has 6 heteroatoms. The van der Waals surface area contributed by atoms with Gasteiger partial charge in [0.15, 0.2) is 0 Å². The number of benzene rings is 1. The molecule has 26 heavy (non-hydrogen) atoms. The Balaban J connectivity index is 1.37. The number of aromatic nitrogens is 1. The van der Waals surface area contributed by atoms with Gasteiger partial charge in [0.25, 0.3) is 0 Å². The van der Waals surface area contributed by atoms with E-state index >= 15 is 0 Å². The van der Waals surface area contributed by atoms with Gasteiger partial charge >= 0.3 is 0 Å². The van der Waals surface area contributed by atoms with Crippen LogP contribution in [0.4, 0.5) is 5.69 Å². The third-order valence-corrected chi connectivity index (χ3v) is 5.57. The van der Waals surface area contributed by atoms with E-state index in [0.717, 1.165) is 25.0 Å². The molecule has 4 unspecified atom stereocenters. The molecule has 1 aromatic heterocycles. The SMILES string of the molecule is COc1ccc(Oc2ccc(NC(=O)C3C4CCC(C4)C3N)cn2)cc1. The van der Waals surface area contributed by atoms with E-state index in [2.05, 4.69) is 10.3 Å². The Kier molecular flexibility index (Phi) is 4.51. The lowest BCUT2D eigenvalue weighted by atomic mass is 9.84. The number of nitrogens with zero attached hydrogens (tertiary/aromatic N) is 1. The maximum Gasteiger partial charge on any atom is 0.229 e. The molecule has 2 aliphatic rings. The summed E-state index contributed by atoms with van der Waals surface area (Å²) in [4.78, 5) is 16.9. The molecule has 2 aromatic rings. The summed E-state index contributed by atoms with van der Waals surface area (Å²) in [7, 11) is 1.62. The topological polar surface area (TPSA) is 86.5 Å². The van der Waals surface area contributed by atoms with Gasteiger partial charge in [0.2, 0.25) is 11.8 Å². The highest BCUT2D eigenvalue weighted by Gasteiger charge is 2.49. The van der Waals surface area contributed by atoms with Crippen molar-refractivity contribution in [3.8, 4) is 17.4 Å². The summed E-state index contributed by atoms with van der Waals surface area (Å²) >= 11 is 0. The van der Waals surface area contributed by atoms with Crippen molar-refractivity contribution in [1.29, 1.82) is 0 Å². The highest BCUT2D eigenvalue weighted by atomic mass is 16.5. The number of hydrogen-bond donors (Lipinski definition) is 2. The average Bonchev–Trinajstić information content (AvgIpc) is 3.25. The van der Waals surface area contributed by atoms with Crippen LogP contribution >= 0.6 is 0 Å². The van der Waals surface area contributed by atoms with Gasteiger partial charge in [0.1, 0.15) is 11.5 Å². The second kappa shape index (κ2) is 6.96. The van der Waals surface area contributed by atoms with E-state index in [-0.39, 0.29) is 17.9 Å². The van der Waals surface area contributed by atoms with Crippen LogP contribution in [0.15, 0.2) is 42.6 Å². The second-order valence-corrected chi connectivity index (χ2v) is 7.09. The summed E-state index contributed by atoms with van der Waals surface area (Å²) in [6, 6.07) is 10.8. The van der Waals surface area contributed by atoms with E-state index in [0.29, 0.717) is 29.2 Å². The van der Waals surface area contributed by atoms with E-state index < -0.39 is 0 Å². The largest absolute Gasteiger partial charge is 0.497 e. The Morgan fingerprint density at radius 3 is 2.46 bits per heavy atom. The molecule has 2 bridgehead atoms. The van der Waals surface area contributed by atoms with Gasteiger partial charge in [0, 0.05) is 12.1 Å². The summed E-state index contributed by atoms with van der Waals surface area (Å²) < 4.78 is 10.8. The van der Waals surface area contributed by atoms with Crippen LogP contribution in [0.2, 0.25) is 0 Å². The lowest BCUT2D eigenvalue weighted by Gasteiger charge is -2.26. The minimum Gasteiger partial charge on any atom is -0.497 e. The fourth-order valence-electron chi connectivity index (χ4n) is 4.23. The molecule has 0 radical (unpaired) electrons. The minimum absolute atomic E-state index is 0.00956. The van der Waals surface area contributed by atoms with Crippen molar-refractivity contribution < 1.29 is 14.3 Å². The molecule has 1 heterocycles. The van der Waals surface area contributed by atoms with Crippen LogP contribution in [0.5, 0.6) is 17.4 Å². The molecular formula is C20H23N3O3. The molecule has 6 nitrogen and oxygen atoms in total. The number of carbonyl (C=O) groups excluding carboxylic acids is 1. The molecule has 1 amide bonds. The van der Waals surface area contributed by atoms with E-state index in [4.69, 9.17) is 15.2 Å². The normalized spacial score (nSPS) is 26.5. The number of carbonyl (C=O) groups is 1. The fourth-order valence-corrected chi connectivity index (χ4v) is 4.23.